The molecule has 0 spiro atoms. The number of nitrogens with zero attached hydrogens (tertiary/aromatic N) is 3. The van der Waals surface area contributed by atoms with E-state index < -0.39 is 0 Å². The first kappa shape index (κ1) is 14.0. The zero-order valence-electron chi connectivity index (χ0n) is 11.8. The third kappa shape index (κ3) is 2.76. The highest BCUT2D eigenvalue weighted by atomic mass is 79.9. The molecule has 0 saturated heterocycles. The first-order valence-electron chi connectivity index (χ1n) is 6.71. The standard InChI is InChI=1S/C15H15BrN4O/c1-9(7-13-18-12(16)8-20(13)2)14-17-11-6-4-3-5-10(11)15(21)19-14/h3-6,8-9H,7H2,1-2H3,(H,17,19,21). The summed E-state index contributed by atoms with van der Waals surface area (Å²) in [4.78, 5) is 24.0. The molecule has 0 radical (unpaired) electrons. The molecule has 1 aromatic carbocycles. The van der Waals surface area contributed by atoms with Gasteiger partial charge >= 0.3 is 0 Å². The molecule has 0 aliphatic carbocycles. The lowest BCUT2D eigenvalue weighted by Gasteiger charge is -2.11. The van der Waals surface area contributed by atoms with Crippen molar-refractivity contribution < 1.29 is 0 Å². The molecule has 6 heteroatoms. The van der Waals surface area contributed by atoms with Gasteiger partial charge in [0.05, 0.1) is 10.9 Å². The highest BCUT2D eigenvalue weighted by Gasteiger charge is 2.14. The van der Waals surface area contributed by atoms with E-state index in [9.17, 15) is 4.79 Å². The van der Waals surface area contributed by atoms with Crippen LogP contribution in [0.15, 0.2) is 39.9 Å². The molecule has 3 rings (SSSR count). The topological polar surface area (TPSA) is 63.6 Å². The van der Waals surface area contributed by atoms with Gasteiger partial charge in [0.25, 0.3) is 5.56 Å². The summed E-state index contributed by atoms with van der Waals surface area (Å²) in [5.41, 5.74) is 0.632. The molecule has 0 bridgehead atoms. The number of benzene rings is 1. The summed E-state index contributed by atoms with van der Waals surface area (Å²) < 4.78 is 2.78. The van der Waals surface area contributed by atoms with Crippen molar-refractivity contribution in [3.63, 3.8) is 0 Å². The molecule has 2 heterocycles. The van der Waals surface area contributed by atoms with Crippen LogP contribution in [-0.2, 0) is 13.5 Å². The molecular formula is C15H15BrN4O. The second-order valence-electron chi connectivity index (χ2n) is 5.16. The zero-order valence-corrected chi connectivity index (χ0v) is 13.4. The summed E-state index contributed by atoms with van der Waals surface area (Å²) in [7, 11) is 1.95. The number of nitrogens with one attached hydrogen (secondary N) is 1. The second kappa shape index (κ2) is 5.44. The van der Waals surface area contributed by atoms with Gasteiger partial charge in [-0.25, -0.2) is 9.97 Å². The molecule has 0 saturated carbocycles. The number of fused-ring (bicyclic) bond motifs is 1. The number of hydrogen-bond donors (Lipinski definition) is 1. The van der Waals surface area contributed by atoms with E-state index in [2.05, 4.69) is 30.9 Å². The number of H-pyrrole nitrogens is 1. The van der Waals surface area contributed by atoms with Crippen LogP contribution in [-0.4, -0.2) is 19.5 Å². The predicted molar refractivity (Wildman–Crippen MR) is 85.4 cm³/mol. The van der Waals surface area contributed by atoms with Gasteiger partial charge in [-0.2, -0.15) is 0 Å². The van der Waals surface area contributed by atoms with Crippen molar-refractivity contribution >= 4 is 26.8 Å². The Morgan fingerprint density at radius 3 is 2.81 bits per heavy atom. The van der Waals surface area contributed by atoms with Crippen LogP contribution in [0.2, 0.25) is 0 Å². The Morgan fingerprint density at radius 2 is 2.10 bits per heavy atom. The molecule has 3 aromatic rings. The van der Waals surface area contributed by atoms with E-state index >= 15 is 0 Å². The monoisotopic (exact) mass is 346 g/mol. The summed E-state index contributed by atoms with van der Waals surface area (Å²) >= 11 is 3.37. The van der Waals surface area contributed by atoms with Crippen LogP contribution in [0.3, 0.4) is 0 Å². The maximum Gasteiger partial charge on any atom is 0.258 e. The van der Waals surface area contributed by atoms with Crippen LogP contribution >= 0.6 is 15.9 Å². The van der Waals surface area contributed by atoms with Gasteiger partial charge in [-0.05, 0) is 28.1 Å². The van der Waals surface area contributed by atoms with Crippen LogP contribution in [0.25, 0.3) is 10.9 Å². The molecule has 1 N–H and O–H groups in total. The number of hydrogen-bond acceptors (Lipinski definition) is 3. The van der Waals surface area contributed by atoms with Gasteiger partial charge in [-0.3, -0.25) is 4.79 Å². The third-order valence-electron chi connectivity index (χ3n) is 3.53. The molecule has 21 heavy (non-hydrogen) atoms. The van der Waals surface area contributed by atoms with Crippen LogP contribution in [0.1, 0.15) is 24.5 Å². The van der Waals surface area contributed by atoms with E-state index in [4.69, 9.17) is 0 Å². The number of aromatic amines is 1. The Bertz CT molecular complexity index is 852. The Kier molecular flexibility index (Phi) is 3.63. The van der Waals surface area contributed by atoms with Gasteiger partial charge in [-0.1, -0.05) is 19.1 Å². The van der Waals surface area contributed by atoms with Gasteiger partial charge in [0.1, 0.15) is 16.3 Å². The molecule has 0 aliphatic rings. The largest absolute Gasteiger partial charge is 0.337 e. The van der Waals surface area contributed by atoms with Crippen molar-refractivity contribution in [2.45, 2.75) is 19.3 Å². The van der Waals surface area contributed by atoms with Crippen molar-refractivity contribution in [3.05, 3.63) is 57.1 Å². The van der Waals surface area contributed by atoms with Crippen LogP contribution < -0.4 is 5.56 Å². The van der Waals surface area contributed by atoms with Crippen molar-refractivity contribution in [3.8, 4) is 0 Å². The summed E-state index contributed by atoms with van der Waals surface area (Å²) in [6.07, 6.45) is 2.63. The fraction of sp³-hybridized carbons (Fsp3) is 0.267. The molecule has 1 unspecified atom stereocenters. The lowest BCUT2D eigenvalue weighted by molar-refractivity contribution is 0.648. The first-order valence-corrected chi connectivity index (χ1v) is 7.50. The van der Waals surface area contributed by atoms with Crippen molar-refractivity contribution in [2.24, 2.45) is 7.05 Å². The molecule has 0 amide bonds. The quantitative estimate of drug-likeness (QED) is 0.792. The van der Waals surface area contributed by atoms with E-state index in [0.717, 1.165) is 15.9 Å². The third-order valence-corrected chi connectivity index (χ3v) is 3.91. The average Bonchev–Trinajstić information content (AvgIpc) is 2.77. The lowest BCUT2D eigenvalue weighted by atomic mass is 10.1. The molecule has 2 aromatic heterocycles. The van der Waals surface area contributed by atoms with Gasteiger partial charge in [-0.15, -0.1) is 0 Å². The highest BCUT2D eigenvalue weighted by molar-refractivity contribution is 9.10. The van der Waals surface area contributed by atoms with Crippen LogP contribution in [0, 0.1) is 0 Å². The SMILES string of the molecule is CC(Cc1nc(Br)cn1C)c1nc2ccccc2c(=O)[nH]1. The van der Waals surface area contributed by atoms with E-state index in [1.54, 1.807) is 6.07 Å². The van der Waals surface area contributed by atoms with Gasteiger partial charge < -0.3 is 9.55 Å². The second-order valence-corrected chi connectivity index (χ2v) is 5.98. The Hall–Kier alpha value is -1.95. The summed E-state index contributed by atoms with van der Waals surface area (Å²) in [5.74, 6) is 1.72. The maximum atomic E-state index is 12.1. The smallest absolute Gasteiger partial charge is 0.258 e. The highest BCUT2D eigenvalue weighted by Crippen LogP contribution is 2.19. The van der Waals surface area contributed by atoms with Gasteiger partial charge in [0.2, 0.25) is 0 Å². The molecule has 108 valence electrons. The minimum absolute atomic E-state index is 0.0790. The minimum atomic E-state index is -0.0940. The van der Waals surface area contributed by atoms with E-state index in [1.807, 2.05) is 42.9 Å². The predicted octanol–water partition coefficient (Wildman–Crippen LogP) is 2.77. The van der Waals surface area contributed by atoms with Crippen molar-refractivity contribution in [2.75, 3.05) is 0 Å². The normalized spacial score (nSPS) is 12.7. The number of aryl methyl sites for hydroxylation is 1. The van der Waals surface area contributed by atoms with Gasteiger partial charge in [0, 0.05) is 25.6 Å². The van der Waals surface area contributed by atoms with Crippen molar-refractivity contribution in [1.82, 2.24) is 19.5 Å². The average molecular weight is 347 g/mol. The molecule has 0 aliphatic heterocycles. The molecule has 0 fully saturated rings. The number of halogens is 1. The summed E-state index contributed by atoms with van der Waals surface area (Å²) in [6.45, 7) is 2.04. The first-order chi connectivity index (χ1) is 10.0. The summed E-state index contributed by atoms with van der Waals surface area (Å²) in [6, 6.07) is 7.37. The fourth-order valence-electron chi connectivity index (χ4n) is 2.36. The number of imidazole rings is 1. The zero-order chi connectivity index (χ0) is 15.0. The Balaban J connectivity index is 1.96. The Labute approximate surface area is 130 Å². The fourth-order valence-corrected chi connectivity index (χ4v) is 2.88. The molecule has 5 nitrogen and oxygen atoms in total. The number of aromatic nitrogens is 4. The van der Waals surface area contributed by atoms with Crippen LogP contribution in [0.4, 0.5) is 0 Å². The lowest BCUT2D eigenvalue weighted by Crippen LogP contribution is -2.15. The summed E-state index contributed by atoms with van der Waals surface area (Å²) in [5, 5.41) is 0.619. The minimum Gasteiger partial charge on any atom is -0.337 e. The van der Waals surface area contributed by atoms with Gasteiger partial charge in [0.15, 0.2) is 0 Å². The van der Waals surface area contributed by atoms with Crippen molar-refractivity contribution in [1.29, 1.82) is 0 Å². The Morgan fingerprint density at radius 1 is 1.33 bits per heavy atom. The molecular weight excluding hydrogens is 332 g/mol. The maximum absolute atomic E-state index is 12.1. The van der Waals surface area contributed by atoms with E-state index in [1.165, 1.54) is 0 Å². The van der Waals surface area contributed by atoms with E-state index in [0.29, 0.717) is 17.6 Å². The van der Waals surface area contributed by atoms with E-state index in [-0.39, 0.29) is 11.5 Å². The van der Waals surface area contributed by atoms with Crippen LogP contribution in [0.5, 0.6) is 0 Å². The molecule has 1 atom stereocenters. The number of para-hydroxylation sites is 1. The number of rotatable bonds is 3.